The Morgan fingerprint density at radius 1 is 1.24 bits per heavy atom. The third-order valence-electron chi connectivity index (χ3n) is 1.67. The molecule has 0 unspecified atom stereocenters. The maximum Gasteiger partial charge on any atom is 0.471 e. The molecule has 0 atom stereocenters. The Hall–Kier alpha value is -2.17. The number of halogens is 5. The number of nitrogens with one attached hydrogen (secondary N) is 1. The van der Waals surface area contributed by atoms with Crippen molar-refractivity contribution < 1.29 is 26.7 Å². The lowest BCUT2D eigenvalue weighted by Gasteiger charge is -2.09. The molecule has 90 valence electrons. The van der Waals surface area contributed by atoms with Gasteiger partial charge in [0.2, 0.25) is 0 Å². The van der Waals surface area contributed by atoms with E-state index in [0.29, 0.717) is 12.1 Å². The zero-order valence-corrected chi connectivity index (χ0v) is 7.90. The number of carbonyl (C=O) groups excluding carboxylic acids is 1. The number of nitriles is 1. The predicted octanol–water partition coefficient (Wildman–Crippen LogP) is 2.34. The highest BCUT2D eigenvalue weighted by molar-refractivity contribution is 5.95. The van der Waals surface area contributed by atoms with Gasteiger partial charge in [0, 0.05) is 0 Å². The SMILES string of the molecule is N#Cc1cc(F)c(NC(=O)C(F)(F)F)c(F)c1. The fourth-order valence-corrected chi connectivity index (χ4v) is 0.941. The second-order valence-electron chi connectivity index (χ2n) is 2.88. The zero-order chi connectivity index (χ0) is 13.2. The topological polar surface area (TPSA) is 52.9 Å². The van der Waals surface area contributed by atoms with E-state index in [1.807, 2.05) is 0 Å². The van der Waals surface area contributed by atoms with Crippen LogP contribution in [0.1, 0.15) is 5.56 Å². The van der Waals surface area contributed by atoms with Crippen LogP contribution in [0.5, 0.6) is 0 Å². The average molecular weight is 250 g/mol. The monoisotopic (exact) mass is 250 g/mol. The lowest BCUT2D eigenvalue weighted by molar-refractivity contribution is -0.167. The van der Waals surface area contributed by atoms with Crippen molar-refractivity contribution in [3.8, 4) is 6.07 Å². The van der Waals surface area contributed by atoms with Crippen LogP contribution in [-0.4, -0.2) is 12.1 Å². The first-order chi connectivity index (χ1) is 7.75. The number of hydrogen-bond donors (Lipinski definition) is 1. The lowest BCUT2D eigenvalue weighted by atomic mass is 10.2. The third kappa shape index (κ3) is 2.90. The summed E-state index contributed by atoms with van der Waals surface area (Å²) in [4.78, 5) is 10.5. The number of amides is 1. The van der Waals surface area contributed by atoms with Gasteiger partial charge in [-0.15, -0.1) is 0 Å². The number of benzene rings is 1. The van der Waals surface area contributed by atoms with Gasteiger partial charge in [-0.05, 0) is 12.1 Å². The van der Waals surface area contributed by atoms with Gasteiger partial charge in [-0.3, -0.25) is 4.79 Å². The highest BCUT2D eigenvalue weighted by Gasteiger charge is 2.39. The lowest BCUT2D eigenvalue weighted by Crippen LogP contribution is -2.30. The van der Waals surface area contributed by atoms with Crippen LogP contribution in [0.2, 0.25) is 0 Å². The highest BCUT2D eigenvalue weighted by Crippen LogP contribution is 2.23. The number of nitrogens with zero attached hydrogens (tertiary/aromatic N) is 1. The smallest absolute Gasteiger partial charge is 0.313 e. The molecule has 1 amide bonds. The molecule has 8 heteroatoms. The van der Waals surface area contributed by atoms with E-state index < -0.39 is 35.0 Å². The Kier molecular flexibility index (Phi) is 3.31. The summed E-state index contributed by atoms with van der Waals surface area (Å²) < 4.78 is 61.6. The first-order valence-electron chi connectivity index (χ1n) is 4.03. The molecule has 0 saturated heterocycles. The summed E-state index contributed by atoms with van der Waals surface area (Å²) in [6, 6.07) is 2.42. The van der Waals surface area contributed by atoms with Gasteiger partial charge < -0.3 is 5.32 Å². The molecule has 0 saturated carbocycles. The second-order valence-corrected chi connectivity index (χ2v) is 2.88. The zero-order valence-electron chi connectivity index (χ0n) is 7.90. The van der Waals surface area contributed by atoms with Crippen molar-refractivity contribution in [1.29, 1.82) is 5.26 Å². The highest BCUT2D eigenvalue weighted by atomic mass is 19.4. The van der Waals surface area contributed by atoms with E-state index in [1.165, 1.54) is 6.07 Å². The Balaban J connectivity index is 3.10. The summed E-state index contributed by atoms with van der Waals surface area (Å²) in [5.41, 5.74) is -1.66. The van der Waals surface area contributed by atoms with Crippen LogP contribution in [0.4, 0.5) is 27.6 Å². The van der Waals surface area contributed by atoms with Crippen LogP contribution < -0.4 is 5.32 Å². The molecule has 0 fully saturated rings. The summed E-state index contributed by atoms with van der Waals surface area (Å²) in [6.07, 6.45) is -5.26. The Labute approximate surface area is 91.5 Å². The van der Waals surface area contributed by atoms with Crippen LogP contribution in [0, 0.1) is 23.0 Å². The molecule has 1 aromatic carbocycles. The van der Waals surface area contributed by atoms with E-state index >= 15 is 0 Å². The normalized spacial score (nSPS) is 10.8. The standard InChI is InChI=1S/C9H3F5N2O/c10-5-1-4(3-15)2-6(11)7(5)16-8(17)9(12,13)14/h1-2H,(H,16,17). The van der Waals surface area contributed by atoms with E-state index in [2.05, 4.69) is 0 Å². The van der Waals surface area contributed by atoms with E-state index in [-0.39, 0.29) is 0 Å². The molecular formula is C9H3F5N2O. The van der Waals surface area contributed by atoms with Crippen LogP contribution >= 0.6 is 0 Å². The number of alkyl halides is 3. The molecule has 1 rings (SSSR count). The minimum absolute atomic E-state index is 0.412. The van der Waals surface area contributed by atoms with Crippen LogP contribution in [-0.2, 0) is 4.79 Å². The first kappa shape index (κ1) is 12.9. The van der Waals surface area contributed by atoms with Gasteiger partial charge in [0.1, 0.15) is 5.69 Å². The molecule has 0 radical (unpaired) electrons. The van der Waals surface area contributed by atoms with Crippen molar-refractivity contribution in [3.63, 3.8) is 0 Å². The Bertz CT molecular complexity index is 480. The van der Waals surface area contributed by atoms with Crippen molar-refractivity contribution in [2.24, 2.45) is 0 Å². The van der Waals surface area contributed by atoms with Crippen molar-refractivity contribution in [3.05, 3.63) is 29.3 Å². The van der Waals surface area contributed by atoms with Gasteiger partial charge >= 0.3 is 12.1 Å². The van der Waals surface area contributed by atoms with Gasteiger partial charge in [0.05, 0.1) is 11.6 Å². The molecular weight excluding hydrogens is 247 g/mol. The minimum atomic E-state index is -5.26. The molecule has 0 aliphatic heterocycles. The molecule has 1 N–H and O–H groups in total. The van der Waals surface area contributed by atoms with E-state index in [1.54, 1.807) is 0 Å². The summed E-state index contributed by atoms with van der Waals surface area (Å²) in [7, 11) is 0. The molecule has 1 aromatic rings. The van der Waals surface area contributed by atoms with Crippen LogP contribution in [0.3, 0.4) is 0 Å². The number of rotatable bonds is 1. The summed E-state index contributed by atoms with van der Waals surface area (Å²) in [6.45, 7) is 0. The van der Waals surface area contributed by atoms with Gasteiger partial charge in [0.25, 0.3) is 0 Å². The maximum atomic E-state index is 13.1. The number of carbonyl (C=O) groups is 1. The quantitative estimate of drug-likeness (QED) is 0.777. The molecule has 3 nitrogen and oxygen atoms in total. The molecule has 0 aliphatic rings. The van der Waals surface area contributed by atoms with Crippen molar-refractivity contribution in [2.75, 3.05) is 5.32 Å². The minimum Gasteiger partial charge on any atom is -0.313 e. The van der Waals surface area contributed by atoms with Crippen molar-refractivity contribution >= 4 is 11.6 Å². The third-order valence-corrected chi connectivity index (χ3v) is 1.67. The van der Waals surface area contributed by atoms with Gasteiger partial charge in [-0.2, -0.15) is 18.4 Å². The summed E-state index contributed by atoms with van der Waals surface area (Å²) >= 11 is 0. The van der Waals surface area contributed by atoms with Crippen molar-refractivity contribution in [1.82, 2.24) is 0 Å². The van der Waals surface area contributed by atoms with Crippen molar-refractivity contribution in [2.45, 2.75) is 6.18 Å². The fraction of sp³-hybridized carbons (Fsp3) is 0.111. The molecule has 0 heterocycles. The molecule has 0 aromatic heterocycles. The molecule has 0 spiro atoms. The molecule has 0 bridgehead atoms. The largest absolute Gasteiger partial charge is 0.471 e. The Morgan fingerprint density at radius 2 is 1.71 bits per heavy atom. The van der Waals surface area contributed by atoms with Gasteiger partial charge in [-0.1, -0.05) is 0 Å². The van der Waals surface area contributed by atoms with E-state index in [9.17, 15) is 26.7 Å². The number of anilines is 1. The van der Waals surface area contributed by atoms with Gasteiger partial charge in [0.15, 0.2) is 11.6 Å². The predicted molar refractivity (Wildman–Crippen MR) is 45.8 cm³/mol. The summed E-state index contributed by atoms with van der Waals surface area (Å²) in [5.74, 6) is -5.42. The molecule has 0 aliphatic carbocycles. The van der Waals surface area contributed by atoms with Crippen LogP contribution in [0.25, 0.3) is 0 Å². The first-order valence-corrected chi connectivity index (χ1v) is 4.03. The van der Waals surface area contributed by atoms with Gasteiger partial charge in [-0.25, -0.2) is 8.78 Å². The van der Waals surface area contributed by atoms with E-state index in [0.717, 1.165) is 5.32 Å². The fourth-order valence-electron chi connectivity index (χ4n) is 0.941. The second kappa shape index (κ2) is 4.37. The van der Waals surface area contributed by atoms with Crippen LogP contribution in [0.15, 0.2) is 12.1 Å². The molecule has 17 heavy (non-hydrogen) atoms. The summed E-state index contributed by atoms with van der Waals surface area (Å²) in [5, 5.41) is 9.38. The Morgan fingerprint density at radius 3 is 2.06 bits per heavy atom. The maximum absolute atomic E-state index is 13.1. The average Bonchev–Trinajstić information content (AvgIpc) is 2.21. The van der Waals surface area contributed by atoms with E-state index in [4.69, 9.17) is 5.26 Å². The number of hydrogen-bond acceptors (Lipinski definition) is 2.